The molecule has 1 heterocycles. The minimum absolute atomic E-state index is 0.118. The second-order valence-electron chi connectivity index (χ2n) is 6.03. The molecule has 1 aromatic heterocycles. The van der Waals surface area contributed by atoms with Crippen molar-refractivity contribution in [3.05, 3.63) is 75.6 Å². The Morgan fingerprint density at radius 3 is 2.40 bits per heavy atom. The molecular weight excluding hydrogens is 340 g/mol. The van der Waals surface area contributed by atoms with E-state index in [-0.39, 0.29) is 12.0 Å². The van der Waals surface area contributed by atoms with Crippen molar-refractivity contribution in [3.8, 4) is 11.4 Å². The monoisotopic (exact) mass is 358 g/mol. The molecule has 130 valence electrons. The number of halogens is 1. The molecule has 0 saturated heterocycles. The van der Waals surface area contributed by atoms with Crippen LogP contribution in [0.4, 0.5) is 0 Å². The van der Waals surface area contributed by atoms with Gasteiger partial charge in [0.25, 0.3) is 0 Å². The highest BCUT2D eigenvalue weighted by Gasteiger charge is 2.19. The second kappa shape index (κ2) is 7.15. The van der Waals surface area contributed by atoms with Crippen molar-refractivity contribution in [3.63, 3.8) is 0 Å². The highest BCUT2D eigenvalue weighted by Crippen LogP contribution is 2.25. The average Bonchev–Trinajstić information content (AvgIpc) is 2.96. The lowest BCUT2D eigenvalue weighted by Crippen LogP contribution is -2.13. The first kappa shape index (κ1) is 17.3. The van der Waals surface area contributed by atoms with E-state index in [0.717, 1.165) is 11.3 Å². The topological polar surface area (TPSA) is 57.3 Å². The molecular formula is C19H19ClN2O3. The van der Waals surface area contributed by atoms with Crippen molar-refractivity contribution < 1.29 is 9.15 Å². The fraction of sp³-hybridized carbons (Fsp3) is 0.263. The zero-order chi connectivity index (χ0) is 18.0. The van der Waals surface area contributed by atoms with Crippen LogP contribution in [0.5, 0.6) is 5.75 Å². The fourth-order valence-electron chi connectivity index (χ4n) is 2.49. The average molecular weight is 359 g/mol. The Hall–Kier alpha value is -2.53. The number of aromatic nitrogens is 2. The minimum Gasteiger partial charge on any atom is -0.491 e. The summed E-state index contributed by atoms with van der Waals surface area (Å²) < 4.78 is 12.2. The van der Waals surface area contributed by atoms with Crippen molar-refractivity contribution in [2.45, 2.75) is 32.8 Å². The first-order valence-electron chi connectivity index (χ1n) is 8.07. The van der Waals surface area contributed by atoms with E-state index in [1.165, 1.54) is 4.68 Å². The highest BCUT2D eigenvalue weighted by molar-refractivity contribution is 6.32. The maximum Gasteiger partial charge on any atom is 0.442 e. The first-order chi connectivity index (χ1) is 12.0. The standard InChI is InChI=1S/C19H19ClN2O3/c1-12(2)24-15-10-8-14(9-11-15)13(3)18-21-22(19(23)25-18)17-7-5-4-6-16(17)20/h4-13H,1-3H3. The van der Waals surface area contributed by atoms with Crippen LogP contribution >= 0.6 is 11.6 Å². The molecule has 3 rings (SSSR count). The molecule has 2 aromatic carbocycles. The molecule has 6 heteroatoms. The van der Waals surface area contributed by atoms with Gasteiger partial charge in [-0.05, 0) is 50.6 Å². The minimum atomic E-state index is -0.560. The van der Waals surface area contributed by atoms with Gasteiger partial charge in [0, 0.05) is 0 Å². The first-order valence-corrected chi connectivity index (χ1v) is 8.45. The molecule has 0 aliphatic heterocycles. The van der Waals surface area contributed by atoms with Crippen LogP contribution in [0.25, 0.3) is 5.69 Å². The maximum absolute atomic E-state index is 12.2. The molecule has 0 bridgehead atoms. The van der Waals surface area contributed by atoms with Crippen LogP contribution in [-0.2, 0) is 0 Å². The summed E-state index contributed by atoms with van der Waals surface area (Å²) in [6, 6.07) is 14.7. The van der Waals surface area contributed by atoms with E-state index in [2.05, 4.69) is 5.10 Å². The summed E-state index contributed by atoms with van der Waals surface area (Å²) in [7, 11) is 0. The SMILES string of the molecule is CC(C)Oc1ccc(C(C)c2nn(-c3ccccc3Cl)c(=O)o2)cc1. The number of hydrogen-bond donors (Lipinski definition) is 0. The van der Waals surface area contributed by atoms with Crippen molar-refractivity contribution in [1.82, 2.24) is 9.78 Å². The lowest BCUT2D eigenvalue weighted by Gasteiger charge is -2.11. The third kappa shape index (κ3) is 3.77. The molecule has 0 aliphatic carbocycles. The zero-order valence-corrected chi connectivity index (χ0v) is 15.0. The van der Waals surface area contributed by atoms with E-state index < -0.39 is 5.76 Å². The maximum atomic E-state index is 12.2. The third-order valence-electron chi connectivity index (χ3n) is 3.77. The van der Waals surface area contributed by atoms with Gasteiger partial charge >= 0.3 is 5.76 Å². The van der Waals surface area contributed by atoms with Crippen LogP contribution in [0.15, 0.2) is 57.7 Å². The third-order valence-corrected chi connectivity index (χ3v) is 4.09. The Morgan fingerprint density at radius 1 is 1.08 bits per heavy atom. The van der Waals surface area contributed by atoms with Gasteiger partial charge in [-0.3, -0.25) is 0 Å². The summed E-state index contributed by atoms with van der Waals surface area (Å²) in [5.74, 6) is 0.399. The second-order valence-corrected chi connectivity index (χ2v) is 6.43. The number of rotatable bonds is 5. The summed E-state index contributed by atoms with van der Waals surface area (Å²) in [5.41, 5.74) is 1.47. The largest absolute Gasteiger partial charge is 0.491 e. The number of ether oxygens (including phenoxy) is 1. The predicted molar refractivity (Wildman–Crippen MR) is 96.8 cm³/mol. The number of benzene rings is 2. The Morgan fingerprint density at radius 2 is 1.76 bits per heavy atom. The number of nitrogens with zero attached hydrogens (tertiary/aromatic N) is 2. The summed E-state index contributed by atoms with van der Waals surface area (Å²) in [5, 5.41) is 4.75. The summed E-state index contributed by atoms with van der Waals surface area (Å²) >= 11 is 6.14. The molecule has 0 spiro atoms. The van der Waals surface area contributed by atoms with Crippen LogP contribution < -0.4 is 10.5 Å². The van der Waals surface area contributed by atoms with Crippen molar-refractivity contribution in [2.75, 3.05) is 0 Å². The summed E-state index contributed by atoms with van der Waals surface area (Å²) in [4.78, 5) is 12.2. The van der Waals surface area contributed by atoms with E-state index in [4.69, 9.17) is 20.8 Å². The van der Waals surface area contributed by atoms with E-state index >= 15 is 0 Å². The van der Waals surface area contributed by atoms with Gasteiger partial charge in [0.05, 0.1) is 22.7 Å². The van der Waals surface area contributed by atoms with E-state index in [1.54, 1.807) is 24.3 Å². The smallest absolute Gasteiger partial charge is 0.442 e. The van der Waals surface area contributed by atoms with Crippen molar-refractivity contribution >= 4 is 11.6 Å². The van der Waals surface area contributed by atoms with Crippen LogP contribution in [0.3, 0.4) is 0 Å². The molecule has 5 nitrogen and oxygen atoms in total. The zero-order valence-electron chi connectivity index (χ0n) is 14.3. The summed E-state index contributed by atoms with van der Waals surface area (Å²) in [6.45, 7) is 5.89. The van der Waals surface area contributed by atoms with Gasteiger partial charge in [-0.2, -0.15) is 4.68 Å². The molecule has 0 saturated carbocycles. The Balaban J connectivity index is 1.89. The quantitative estimate of drug-likeness (QED) is 0.677. The highest BCUT2D eigenvalue weighted by atomic mass is 35.5. The fourth-order valence-corrected chi connectivity index (χ4v) is 2.71. The molecule has 1 unspecified atom stereocenters. The van der Waals surface area contributed by atoms with Crippen molar-refractivity contribution in [2.24, 2.45) is 0 Å². The molecule has 0 N–H and O–H groups in total. The summed E-state index contributed by atoms with van der Waals surface area (Å²) in [6.07, 6.45) is 0.118. The predicted octanol–water partition coefficient (Wildman–Crippen LogP) is 4.42. The molecule has 0 amide bonds. The Labute approximate surface area is 150 Å². The van der Waals surface area contributed by atoms with Gasteiger partial charge in [0.2, 0.25) is 5.89 Å². The number of hydrogen-bond acceptors (Lipinski definition) is 4. The van der Waals surface area contributed by atoms with Gasteiger partial charge in [0.15, 0.2) is 0 Å². The van der Waals surface area contributed by atoms with Crippen LogP contribution in [0.1, 0.15) is 38.1 Å². The van der Waals surface area contributed by atoms with E-state index in [0.29, 0.717) is 16.6 Å². The molecule has 3 aromatic rings. The van der Waals surface area contributed by atoms with Gasteiger partial charge in [-0.25, -0.2) is 4.79 Å². The number of para-hydroxylation sites is 1. The van der Waals surface area contributed by atoms with E-state index in [9.17, 15) is 4.79 Å². The van der Waals surface area contributed by atoms with Gasteiger partial charge < -0.3 is 9.15 Å². The molecule has 0 aliphatic rings. The van der Waals surface area contributed by atoms with Crippen LogP contribution in [0, 0.1) is 0 Å². The van der Waals surface area contributed by atoms with Gasteiger partial charge in [-0.1, -0.05) is 35.9 Å². The normalized spacial score (nSPS) is 12.4. The molecule has 25 heavy (non-hydrogen) atoms. The molecule has 0 radical (unpaired) electrons. The Kier molecular flexibility index (Phi) is 4.95. The van der Waals surface area contributed by atoms with Crippen molar-refractivity contribution in [1.29, 1.82) is 0 Å². The van der Waals surface area contributed by atoms with E-state index in [1.807, 2.05) is 45.0 Å². The van der Waals surface area contributed by atoms with Crippen LogP contribution in [0.2, 0.25) is 5.02 Å². The Bertz CT molecular complexity index is 913. The van der Waals surface area contributed by atoms with Gasteiger partial charge in [-0.15, -0.1) is 5.10 Å². The molecule has 0 fully saturated rings. The lowest BCUT2D eigenvalue weighted by molar-refractivity contribution is 0.242. The molecule has 1 atom stereocenters. The van der Waals surface area contributed by atoms with Gasteiger partial charge in [0.1, 0.15) is 5.75 Å². The van der Waals surface area contributed by atoms with Crippen LogP contribution in [-0.4, -0.2) is 15.9 Å². The lowest BCUT2D eigenvalue weighted by atomic mass is 10.0.